The van der Waals surface area contributed by atoms with E-state index in [-0.39, 0.29) is 12.5 Å². The van der Waals surface area contributed by atoms with Crippen LogP contribution in [0.5, 0.6) is 0 Å². The standard InChI is InChI=1S/C11H18N3O2/c1-8(2)10-12-11(16-13-10)14-5-3-9(7-15)4-6-14/h8-9H,3-7H2,1-2H3. The van der Waals surface area contributed by atoms with Gasteiger partial charge < -0.3 is 9.42 Å². The molecule has 2 rings (SSSR count). The topological polar surface area (TPSA) is 62.1 Å². The molecule has 2 heterocycles. The first kappa shape index (κ1) is 11.4. The number of nitrogens with zero attached hydrogens (tertiary/aromatic N) is 3. The van der Waals surface area contributed by atoms with Gasteiger partial charge in [0.1, 0.15) is 0 Å². The summed E-state index contributed by atoms with van der Waals surface area (Å²) in [4.78, 5) is 6.43. The van der Waals surface area contributed by atoms with E-state index in [1.165, 1.54) is 0 Å². The molecule has 0 atom stereocenters. The van der Waals surface area contributed by atoms with Crippen molar-refractivity contribution in [3.8, 4) is 0 Å². The minimum Gasteiger partial charge on any atom is -0.324 e. The Hall–Kier alpha value is -1.10. The summed E-state index contributed by atoms with van der Waals surface area (Å²) < 4.78 is 5.22. The Bertz CT molecular complexity index is 330. The average molecular weight is 224 g/mol. The van der Waals surface area contributed by atoms with Crippen molar-refractivity contribution in [3.05, 3.63) is 5.82 Å². The van der Waals surface area contributed by atoms with Gasteiger partial charge in [-0.2, -0.15) is 4.98 Å². The molecule has 16 heavy (non-hydrogen) atoms. The van der Waals surface area contributed by atoms with Crippen molar-refractivity contribution in [1.82, 2.24) is 10.1 Å². The van der Waals surface area contributed by atoms with Crippen LogP contribution in [0.15, 0.2) is 4.52 Å². The Balaban J connectivity index is 1.97. The highest BCUT2D eigenvalue weighted by Crippen LogP contribution is 2.22. The third kappa shape index (κ3) is 2.35. The summed E-state index contributed by atoms with van der Waals surface area (Å²) >= 11 is 0. The first-order valence-corrected chi connectivity index (χ1v) is 5.87. The zero-order valence-corrected chi connectivity index (χ0v) is 9.85. The first-order valence-electron chi connectivity index (χ1n) is 5.87. The van der Waals surface area contributed by atoms with Crippen LogP contribution in [0, 0.1) is 5.92 Å². The molecule has 0 unspecified atom stereocenters. The second-order valence-electron chi connectivity index (χ2n) is 4.69. The van der Waals surface area contributed by atoms with Gasteiger partial charge in [0.05, 0.1) is 6.61 Å². The second-order valence-corrected chi connectivity index (χ2v) is 4.69. The van der Waals surface area contributed by atoms with Crippen molar-refractivity contribution in [1.29, 1.82) is 0 Å². The molecule has 1 aliphatic rings. The Morgan fingerprint density at radius 3 is 2.62 bits per heavy atom. The van der Waals surface area contributed by atoms with Crippen molar-refractivity contribution < 1.29 is 9.63 Å². The van der Waals surface area contributed by atoms with Gasteiger partial charge in [-0.05, 0) is 18.8 Å². The molecule has 0 amide bonds. The molecule has 1 fully saturated rings. The van der Waals surface area contributed by atoms with E-state index in [0.717, 1.165) is 31.8 Å². The molecule has 1 saturated heterocycles. The van der Waals surface area contributed by atoms with Crippen LogP contribution in [0.3, 0.4) is 0 Å². The zero-order valence-electron chi connectivity index (χ0n) is 9.85. The first-order chi connectivity index (χ1) is 7.70. The highest BCUT2D eigenvalue weighted by molar-refractivity contribution is 5.26. The maximum atomic E-state index is 10.8. The number of hydrogen-bond donors (Lipinski definition) is 0. The van der Waals surface area contributed by atoms with Crippen LogP contribution in [0.4, 0.5) is 6.01 Å². The SMILES string of the molecule is CC(C)c1noc(N2CCC(C[O])CC2)n1. The lowest BCUT2D eigenvalue weighted by atomic mass is 9.98. The summed E-state index contributed by atoms with van der Waals surface area (Å²) in [6.45, 7) is 5.82. The monoisotopic (exact) mass is 224 g/mol. The van der Waals surface area contributed by atoms with E-state index in [2.05, 4.69) is 15.0 Å². The molecule has 0 bridgehead atoms. The molecule has 1 radical (unpaired) electrons. The molecule has 5 heteroatoms. The van der Waals surface area contributed by atoms with Gasteiger partial charge in [0.2, 0.25) is 0 Å². The van der Waals surface area contributed by atoms with Crippen LogP contribution in [-0.2, 0) is 5.11 Å². The molecule has 5 nitrogen and oxygen atoms in total. The summed E-state index contributed by atoms with van der Waals surface area (Å²) in [5.41, 5.74) is 0. The molecule has 1 aliphatic heterocycles. The van der Waals surface area contributed by atoms with Crippen LogP contribution in [0.25, 0.3) is 0 Å². The van der Waals surface area contributed by atoms with Crippen LogP contribution in [0.2, 0.25) is 0 Å². The van der Waals surface area contributed by atoms with Gasteiger partial charge in [0.25, 0.3) is 0 Å². The molecule has 89 valence electrons. The fraction of sp³-hybridized carbons (Fsp3) is 0.818. The average Bonchev–Trinajstić information content (AvgIpc) is 2.78. The second kappa shape index (κ2) is 4.82. The quantitative estimate of drug-likeness (QED) is 0.786. The van der Waals surface area contributed by atoms with Gasteiger partial charge in [-0.15, -0.1) is 0 Å². The highest BCUT2D eigenvalue weighted by Gasteiger charge is 2.23. The summed E-state index contributed by atoms with van der Waals surface area (Å²) in [6, 6.07) is 0.605. The third-order valence-electron chi connectivity index (χ3n) is 3.07. The molecular weight excluding hydrogens is 206 g/mol. The van der Waals surface area contributed by atoms with E-state index in [1.54, 1.807) is 0 Å². The fourth-order valence-electron chi connectivity index (χ4n) is 1.88. The minimum absolute atomic E-state index is 0.0366. The van der Waals surface area contributed by atoms with Gasteiger partial charge in [-0.3, -0.25) is 0 Å². The Labute approximate surface area is 95.4 Å². The summed E-state index contributed by atoms with van der Waals surface area (Å²) in [7, 11) is 0. The number of aromatic nitrogens is 2. The van der Waals surface area contributed by atoms with Crippen LogP contribution < -0.4 is 4.90 Å². The predicted molar refractivity (Wildman–Crippen MR) is 58.9 cm³/mol. The maximum Gasteiger partial charge on any atom is 0.324 e. The van der Waals surface area contributed by atoms with Crippen molar-refractivity contribution in [2.75, 3.05) is 24.6 Å². The van der Waals surface area contributed by atoms with Crippen LogP contribution in [0.1, 0.15) is 38.4 Å². The molecule has 0 aliphatic carbocycles. The van der Waals surface area contributed by atoms with E-state index < -0.39 is 0 Å². The summed E-state index contributed by atoms with van der Waals surface area (Å²) in [5, 5.41) is 14.7. The van der Waals surface area contributed by atoms with Gasteiger partial charge in [0.15, 0.2) is 5.82 Å². The van der Waals surface area contributed by atoms with E-state index in [1.807, 2.05) is 13.8 Å². The van der Waals surface area contributed by atoms with Gasteiger partial charge in [0, 0.05) is 19.0 Å². The Morgan fingerprint density at radius 2 is 2.12 bits per heavy atom. The summed E-state index contributed by atoms with van der Waals surface area (Å²) in [5.74, 6) is 1.36. The van der Waals surface area contributed by atoms with Gasteiger partial charge >= 0.3 is 6.01 Å². The van der Waals surface area contributed by atoms with E-state index in [0.29, 0.717) is 11.9 Å². The van der Waals surface area contributed by atoms with Crippen molar-refractivity contribution in [2.24, 2.45) is 5.92 Å². The van der Waals surface area contributed by atoms with Crippen LogP contribution >= 0.6 is 0 Å². The number of rotatable bonds is 3. The molecule has 1 aromatic rings. The number of anilines is 1. The third-order valence-corrected chi connectivity index (χ3v) is 3.07. The molecule has 0 spiro atoms. The van der Waals surface area contributed by atoms with Crippen molar-refractivity contribution >= 4 is 6.01 Å². The van der Waals surface area contributed by atoms with E-state index >= 15 is 0 Å². The predicted octanol–water partition coefficient (Wildman–Crippen LogP) is 1.84. The largest absolute Gasteiger partial charge is 0.324 e. The molecule has 0 aromatic carbocycles. The maximum absolute atomic E-state index is 10.8. The molecule has 0 N–H and O–H groups in total. The molecular formula is C11H18N3O2. The van der Waals surface area contributed by atoms with E-state index in [9.17, 15) is 5.11 Å². The zero-order chi connectivity index (χ0) is 11.5. The molecule has 0 saturated carbocycles. The normalized spacial score (nSPS) is 18.4. The van der Waals surface area contributed by atoms with Crippen molar-refractivity contribution in [3.63, 3.8) is 0 Å². The number of piperidine rings is 1. The lowest BCUT2D eigenvalue weighted by molar-refractivity contribution is 0.128. The van der Waals surface area contributed by atoms with Gasteiger partial charge in [-0.25, -0.2) is 5.11 Å². The Kier molecular flexibility index (Phi) is 3.43. The lowest BCUT2D eigenvalue weighted by Gasteiger charge is -2.28. The highest BCUT2D eigenvalue weighted by atomic mass is 16.5. The van der Waals surface area contributed by atoms with E-state index in [4.69, 9.17) is 4.52 Å². The smallest absolute Gasteiger partial charge is 0.324 e. The fourth-order valence-corrected chi connectivity index (χ4v) is 1.88. The van der Waals surface area contributed by atoms with Gasteiger partial charge in [-0.1, -0.05) is 19.0 Å². The molecule has 1 aromatic heterocycles. The van der Waals surface area contributed by atoms with Crippen molar-refractivity contribution in [2.45, 2.75) is 32.6 Å². The minimum atomic E-state index is 0.0366. The summed E-state index contributed by atoms with van der Waals surface area (Å²) in [6.07, 6.45) is 1.87. The Morgan fingerprint density at radius 1 is 1.44 bits per heavy atom. The van der Waals surface area contributed by atoms with Crippen LogP contribution in [-0.4, -0.2) is 29.8 Å². The number of hydrogen-bond acceptors (Lipinski definition) is 4. The lowest BCUT2D eigenvalue weighted by Crippen LogP contribution is -2.34.